The minimum absolute atomic E-state index is 0.234. The summed E-state index contributed by atoms with van der Waals surface area (Å²) in [6.45, 7) is 4.55. The van der Waals surface area contributed by atoms with Gasteiger partial charge in [0.2, 0.25) is 0 Å². The number of aryl methyl sites for hydroxylation is 1. The minimum atomic E-state index is 0.234. The molecule has 0 bridgehead atoms. The first-order valence-electron chi connectivity index (χ1n) is 7.95. The van der Waals surface area contributed by atoms with Crippen molar-refractivity contribution in [1.82, 2.24) is 14.9 Å². The molecule has 0 spiro atoms. The number of nitrogens with one attached hydrogen (secondary N) is 1. The van der Waals surface area contributed by atoms with Gasteiger partial charge in [-0.1, -0.05) is 31.2 Å². The third-order valence-electron chi connectivity index (χ3n) is 4.19. The van der Waals surface area contributed by atoms with Crippen molar-refractivity contribution in [2.75, 3.05) is 13.7 Å². The summed E-state index contributed by atoms with van der Waals surface area (Å²) >= 11 is 0. The molecular formula is C18H27N3O. The molecule has 2 N–H and O–H groups in total. The summed E-state index contributed by atoms with van der Waals surface area (Å²) in [5.74, 6) is 1.55. The Bertz CT molecular complexity index is 589. The Kier molecular flexibility index (Phi) is 5.75. The summed E-state index contributed by atoms with van der Waals surface area (Å²) in [5.41, 5.74) is 3.46. The SMILES string of the molecule is CNC(C)c1nc(-c2ccc(C[C@H](C)CCO)cc2)cn1C. The number of aliphatic hydroxyl groups excluding tert-OH is 1. The lowest BCUT2D eigenvalue weighted by atomic mass is 9.97. The van der Waals surface area contributed by atoms with Crippen LogP contribution in [0.5, 0.6) is 0 Å². The van der Waals surface area contributed by atoms with Gasteiger partial charge in [0, 0.05) is 25.4 Å². The van der Waals surface area contributed by atoms with Crippen molar-refractivity contribution in [1.29, 1.82) is 0 Å². The number of aromatic nitrogens is 2. The molecule has 120 valence electrons. The summed E-state index contributed by atoms with van der Waals surface area (Å²) in [7, 11) is 3.98. The van der Waals surface area contributed by atoms with Gasteiger partial charge in [0.25, 0.3) is 0 Å². The van der Waals surface area contributed by atoms with Crippen LogP contribution in [0.1, 0.15) is 37.7 Å². The van der Waals surface area contributed by atoms with Crippen LogP contribution in [-0.4, -0.2) is 28.3 Å². The minimum Gasteiger partial charge on any atom is -0.396 e. The normalized spacial score (nSPS) is 14.0. The molecule has 2 atom stereocenters. The Hall–Kier alpha value is -1.65. The molecule has 0 aliphatic rings. The van der Waals surface area contributed by atoms with Crippen LogP contribution in [0.25, 0.3) is 11.3 Å². The van der Waals surface area contributed by atoms with Crippen LogP contribution in [0.15, 0.2) is 30.5 Å². The molecule has 1 heterocycles. The van der Waals surface area contributed by atoms with E-state index in [2.05, 4.69) is 54.2 Å². The fourth-order valence-corrected chi connectivity index (χ4v) is 2.69. The van der Waals surface area contributed by atoms with E-state index in [-0.39, 0.29) is 12.6 Å². The van der Waals surface area contributed by atoms with Gasteiger partial charge in [0.15, 0.2) is 0 Å². The summed E-state index contributed by atoms with van der Waals surface area (Å²) in [6.07, 6.45) is 3.94. The van der Waals surface area contributed by atoms with E-state index in [9.17, 15) is 0 Å². The van der Waals surface area contributed by atoms with E-state index in [1.165, 1.54) is 5.56 Å². The van der Waals surface area contributed by atoms with Gasteiger partial charge in [-0.25, -0.2) is 4.98 Å². The Morgan fingerprint density at radius 2 is 1.91 bits per heavy atom. The Balaban J connectivity index is 2.13. The molecule has 0 saturated heterocycles. The Morgan fingerprint density at radius 1 is 1.23 bits per heavy atom. The summed E-state index contributed by atoms with van der Waals surface area (Å²) < 4.78 is 2.08. The monoisotopic (exact) mass is 301 g/mol. The third kappa shape index (κ3) is 3.96. The van der Waals surface area contributed by atoms with Crippen molar-refractivity contribution in [2.24, 2.45) is 13.0 Å². The highest BCUT2D eigenvalue weighted by Gasteiger charge is 2.12. The predicted octanol–water partition coefficient (Wildman–Crippen LogP) is 2.93. The molecule has 0 radical (unpaired) electrons. The van der Waals surface area contributed by atoms with Crippen molar-refractivity contribution >= 4 is 0 Å². The predicted molar refractivity (Wildman–Crippen MR) is 90.7 cm³/mol. The largest absolute Gasteiger partial charge is 0.396 e. The number of imidazole rings is 1. The number of aliphatic hydroxyl groups is 1. The van der Waals surface area contributed by atoms with E-state index in [0.717, 1.165) is 29.9 Å². The van der Waals surface area contributed by atoms with Gasteiger partial charge >= 0.3 is 0 Å². The second-order valence-electron chi connectivity index (χ2n) is 6.12. The van der Waals surface area contributed by atoms with Crippen molar-refractivity contribution < 1.29 is 5.11 Å². The number of hydrogen-bond acceptors (Lipinski definition) is 3. The molecule has 22 heavy (non-hydrogen) atoms. The highest BCUT2D eigenvalue weighted by Crippen LogP contribution is 2.22. The molecule has 2 rings (SSSR count). The molecule has 4 nitrogen and oxygen atoms in total. The maximum Gasteiger partial charge on any atom is 0.126 e. The smallest absolute Gasteiger partial charge is 0.126 e. The van der Waals surface area contributed by atoms with E-state index >= 15 is 0 Å². The zero-order valence-electron chi connectivity index (χ0n) is 14.0. The molecular weight excluding hydrogens is 274 g/mol. The standard InChI is InChI=1S/C18H27N3O/c1-13(9-10-22)11-15-5-7-16(8-6-15)17-12-21(4)18(20-17)14(2)19-3/h5-8,12-14,19,22H,9-11H2,1-4H3/t13-,14?/m1/s1. The van der Waals surface area contributed by atoms with Gasteiger partial charge in [0.05, 0.1) is 11.7 Å². The number of hydrogen-bond donors (Lipinski definition) is 2. The van der Waals surface area contributed by atoms with Gasteiger partial charge in [-0.2, -0.15) is 0 Å². The lowest BCUT2D eigenvalue weighted by Crippen LogP contribution is -2.16. The lowest BCUT2D eigenvalue weighted by molar-refractivity contribution is 0.262. The van der Waals surface area contributed by atoms with Crippen LogP contribution in [-0.2, 0) is 13.5 Å². The first-order chi connectivity index (χ1) is 10.5. The topological polar surface area (TPSA) is 50.1 Å². The van der Waals surface area contributed by atoms with Gasteiger partial charge in [0.1, 0.15) is 5.82 Å². The first-order valence-corrected chi connectivity index (χ1v) is 7.95. The third-order valence-corrected chi connectivity index (χ3v) is 4.19. The van der Waals surface area contributed by atoms with Crippen LogP contribution in [0, 0.1) is 5.92 Å². The van der Waals surface area contributed by atoms with Gasteiger partial charge in [-0.3, -0.25) is 0 Å². The number of rotatable bonds is 7. The molecule has 0 aliphatic carbocycles. The van der Waals surface area contributed by atoms with Crippen LogP contribution in [0.2, 0.25) is 0 Å². The lowest BCUT2D eigenvalue weighted by Gasteiger charge is -2.10. The van der Waals surface area contributed by atoms with Crippen molar-refractivity contribution in [2.45, 2.75) is 32.7 Å². The quantitative estimate of drug-likeness (QED) is 0.826. The highest BCUT2D eigenvalue weighted by molar-refractivity contribution is 5.59. The van der Waals surface area contributed by atoms with Crippen LogP contribution in [0.3, 0.4) is 0 Å². The average Bonchev–Trinajstić information content (AvgIpc) is 2.89. The molecule has 0 saturated carbocycles. The molecule has 4 heteroatoms. The van der Waals surface area contributed by atoms with E-state index in [4.69, 9.17) is 10.1 Å². The van der Waals surface area contributed by atoms with E-state index in [0.29, 0.717) is 5.92 Å². The second-order valence-corrected chi connectivity index (χ2v) is 6.12. The Morgan fingerprint density at radius 3 is 2.50 bits per heavy atom. The Labute approximate surface area is 133 Å². The fourth-order valence-electron chi connectivity index (χ4n) is 2.69. The summed E-state index contributed by atoms with van der Waals surface area (Å²) in [5, 5.41) is 12.2. The first kappa shape index (κ1) is 16.7. The zero-order valence-corrected chi connectivity index (χ0v) is 14.0. The van der Waals surface area contributed by atoms with Crippen molar-refractivity contribution in [3.63, 3.8) is 0 Å². The fraction of sp³-hybridized carbons (Fsp3) is 0.500. The second kappa shape index (κ2) is 7.56. The van der Waals surface area contributed by atoms with Crippen LogP contribution >= 0.6 is 0 Å². The molecule has 0 aliphatic heterocycles. The summed E-state index contributed by atoms with van der Waals surface area (Å²) in [4.78, 5) is 4.74. The van der Waals surface area contributed by atoms with Crippen LogP contribution < -0.4 is 5.32 Å². The molecule has 1 aromatic heterocycles. The maximum atomic E-state index is 8.99. The van der Waals surface area contributed by atoms with Gasteiger partial charge in [-0.05, 0) is 38.3 Å². The van der Waals surface area contributed by atoms with E-state index < -0.39 is 0 Å². The molecule has 2 aromatic rings. The van der Waals surface area contributed by atoms with Gasteiger partial charge in [-0.15, -0.1) is 0 Å². The number of benzene rings is 1. The maximum absolute atomic E-state index is 8.99. The molecule has 1 unspecified atom stereocenters. The van der Waals surface area contributed by atoms with Crippen LogP contribution in [0.4, 0.5) is 0 Å². The van der Waals surface area contributed by atoms with E-state index in [1.807, 2.05) is 14.1 Å². The van der Waals surface area contributed by atoms with Crippen molar-refractivity contribution in [3.05, 3.63) is 41.9 Å². The van der Waals surface area contributed by atoms with Crippen molar-refractivity contribution in [3.8, 4) is 11.3 Å². The van der Waals surface area contributed by atoms with E-state index in [1.54, 1.807) is 0 Å². The molecule has 1 aromatic carbocycles. The van der Waals surface area contributed by atoms with Gasteiger partial charge < -0.3 is 15.0 Å². The highest BCUT2D eigenvalue weighted by atomic mass is 16.3. The number of nitrogens with zero attached hydrogens (tertiary/aromatic N) is 2. The molecule has 0 amide bonds. The zero-order chi connectivity index (χ0) is 16.1. The average molecular weight is 301 g/mol. The molecule has 0 fully saturated rings. The summed E-state index contributed by atoms with van der Waals surface area (Å²) in [6, 6.07) is 8.84.